The molecule has 4 heteroatoms. The average molecular weight is 282 g/mol. The Morgan fingerprint density at radius 1 is 1.29 bits per heavy atom. The van der Waals surface area contributed by atoms with Crippen LogP contribution < -0.4 is 5.32 Å². The molecule has 0 aliphatic heterocycles. The zero-order chi connectivity index (χ0) is 15.2. The zero-order valence-corrected chi connectivity index (χ0v) is 11.6. The third-order valence-electron chi connectivity index (χ3n) is 3.28. The molecule has 0 aromatic heterocycles. The number of benzene rings is 2. The van der Waals surface area contributed by atoms with Crippen LogP contribution >= 0.6 is 0 Å². The molecule has 1 unspecified atom stereocenters. The van der Waals surface area contributed by atoms with Gasteiger partial charge in [-0.25, -0.2) is 4.39 Å². The highest BCUT2D eigenvalue weighted by Gasteiger charge is 2.19. The van der Waals surface area contributed by atoms with Crippen LogP contribution in [-0.4, -0.2) is 5.91 Å². The minimum atomic E-state index is -0.606. The van der Waals surface area contributed by atoms with Gasteiger partial charge in [0, 0.05) is 0 Å². The molecule has 106 valence electrons. The van der Waals surface area contributed by atoms with Crippen LogP contribution in [0.4, 0.5) is 10.1 Å². The van der Waals surface area contributed by atoms with Gasteiger partial charge in [-0.1, -0.05) is 37.3 Å². The smallest absolute Gasteiger partial charge is 0.231 e. The Kier molecular flexibility index (Phi) is 4.68. The molecular formula is C17H15FN2O. The van der Waals surface area contributed by atoms with Crippen LogP contribution in [0.3, 0.4) is 0 Å². The Bertz CT molecular complexity index is 677. The summed E-state index contributed by atoms with van der Waals surface area (Å²) in [7, 11) is 0. The minimum Gasteiger partial charge on any atom is -0.323 e. The molecule has 3 nitrogen and oxygen atoms in total. The SMILES string of the molecule is CCC(C(=O)Nc1ccc(C#N)cc1F)c1ccccc1. The van der Waals surface area contributed by atoms with Crippen molar-refractivity contribution >= 4 is 11.6 Å². The molecule has 1 amide bonds. The third kappa shape index (κ3) is 3.46. The first kappa shape index (κ1) is 14.7. The Morgan fingerprint density at radius 2 is 2.00 bits per heavy atom. The van der Waals surface area contributed by atoms with E-state index < -0.39 is 5.82 Å². The van der Waals surface area contributed by atoms with E-state index in [1.165, 1.54) is 12.1 Å². The van der Waals surface area contributed by atoms with Gasteiger partial charge < -0.3 is 5.32 Å². The van der Waals surface area contributed by atoms with E-state index in [9.17, 15) is 9.18 Å². The van der Waals surface area contributed by atoms with Gasteiger partial charge in [0.2, 0.25) is 5.91 Å². The highest BCUT2D eigenvalue weighted by atomic mass is 19.1. The van der Waals surface area contributed by atoms with Crippen molar-refractivity contribution in [3.63, 3.8) is 0 Å². The van der Waals surface area contributed by atoms with Gasteiger partial charge in [-0.3, -0.25) is 4.79 Å². The van der Waals surface area contributed by atoms with Crippen LogP contribution in [0.5, 0.6) is 0 Å². The molecule has 0 saturated heterocycles. The molecule has 0 radical (unpaired) electrons. The standard InChI is InChI=1S/C17H15FN2O/c1-2-14(13-6-4-3-5-7-13)17(21)20-16-9-8-12(11-19)10-15(16)18/h3-10,14H,2H2,1H3,(H,20,21). The topological polar surface area (TPSA) is 52.9 Å². The van der Waals surface area contributed by atoms with Gasteiger partial charge in [-0.15, -0.1) is 0 Å². The molecule has 0 aliphatic carbocycles. The van der Waals surface area contributed by atoms with Gasteiger partial charge in [0.05, 0.1) is 23.2 Å². The number of carbonyl (C=O) groups is 1. The van der Waals surface area contributed by atoms with E-state index in [1.807, 2.05) is 43.3 Å². The fraction of sp³-hybridized carbons (Fsp3) is 0.176. The number of anilines is 1. The van der Waals surface area contributed by atoms with Crippen molar-refractivity contribution in [3.05, 3.63) is 65.5 Å². The molecule has 2 aromatic carbocycles. The van der Waals surface area contributed by atoms with Crippen molar-refractivity contribution in [2.45, 2.75) is 19.3 Å². The number of nitrogens with one attached hydrogen (secondary N) is 1. The largest absolute Gasteiger partial charge is 0.323 e. The maximum Gasteiger partial charge on any atom is 0.231 e. The predicted molar refractivity (Wildman–Crippen MR) is 79.2 cm³/mol. The van der Waals surface area contributed by atoms with Gasteiger partial charge >= 0.3 is 0 Å². The summed E-state index contributed by atoms with van der Waals surface area (Å²) in [5, 5.41) is 11.3. The molecule has 2 rings (SSSR count). The second kappa shape index (κ2) is 6.67. The Labute approximate surface area is 123 Å². The number of nitriles is 1. The molecule has 21 heavy (non-hydrogen) atoms. The second-order valence-corrected chi connectivity index (χ2v) is 4.67. The zero-order valence-electron chi connectivity index (χ0n) is 11.6. The fourth-order valence-corrected chi connectivity index (χ4v) is 2.16. The fourth-order valence-electron chi connectivity index (χ4n) is 2.16. The van der Waals surface area contributed by atoms with Crippen molar-refractivity contribution in [1.82, 2.24) is 0 Å². The Morgan fingerprint density at radius 3 is 2.57 bits per heavy atom. The van der Waals surface area contributed by atoms with E-state index in [4.69, 9.17) is 5.26 Å². The molecule has 2 aromatic rings. The van der Waals surface area contributed by atoms with Crippen LogP contribution in [0.25, 0.3) is 0 Å². The summed E-state index contributed by atoms with van der Waals surface area (Å²) in [6, 6.07) is 15.2. The molecule has 0 saturated carbocycles. The number of carbonyl (C=O) groups excluding carboxylic acids is 1. The summed E-state index contributed by atoms with van der Waals surface area (Å²) < 4.78 is 13.8. The molecule has 1 atom stereocenters. The van der Waals surface area contributed by atoms with Gasteiger partial charge in [-0.2, -0.15) is 5.26 Å². The molecule has 0 bridgehead atoms. The molecule has 0 heterocycles. The first-order valence-electron chi connectivity index (χ1n) is 6.71. The average Bonchev–Trinajstić information content (AvgIpc) is 2.51. The summed E-state index contributed by atoms with van der Waals surface area (Å²) in [5.41, 5.74) is 1.21. The number of rotatable bonds is 4. The van der Waals surface area contributed by atoms with E-state index in [-0.39, 0.29) is 23.1 Å². The number of hydrogen-bond acceptors (Lipinski definition) is 2. The van der Waals surface area contributed by atoms with E-state index in [0.29, 0.717) is 6.42 Å². The lowest BCUT2D eigenvalue weighted by Gasteiger charge is -2.15. The first-order chi connectivity index (χ1) is 10.2. The van der Waals surface area contributed by atoms with Crippen molar-refractivity contribution in [2.75, 3.05) is 5.32 Å². The summed E-state index contributed by atoms with van der Waals surface area (Å²) >= 11 is 0. The molecule has 0 spiro atoms. The number of hydrogen-bond donors (Lipinski definition) is 1. The van der Waals surface area contributed by atoms with Crippen molar-refractivity contribution < 1.29 is 9.18 Å². The van der Waals surface area contributed by atoms with Crippen LogP contribution in [0.1, 0.15) is 30.4 Å². The summed E-state index contributed by atoms with van der Waals surface area (Å²) in [6.07, 6.45) is 0.619. The lowest BCUT2D eigenvalue weighted by atomic mass is 9.95. The lowest BCUT2D eigenvalue weighted by molar-refractivity contribution is -0.117. The van der Waals surface area contributed by atoms with Crippen LogP contribution in [0.2, 0.25) is 0 Å². The number of amides is 1. The van der Waals surface area contributed by atoms with E-state index in [2.05, 4.69) is 5.32 Å². The normalized spacial score (nSPS) is 11.5. The van der Waals surface area contributed by atoms with E-state index >= 15 is 0 Å². The van der Waals surface area contributed by atoms with E-state index in [0.717, 1.165) is 11.6 Å². The second-order valence-electron chi connectivity index (χ2n) is 4.67. The van der Waals surface area contributed by atoms with Gasteiger partial charge in [0.25, 0.3) is 0 Å². The van der Waals surface area contributed by atoms with Crippen molar-refractivity contribution in [1.29, 1.82) is 5.26 Å². The first-order valence-corrected chi connectivity index (χ1v) is 6.71. The van der Waals surface area contributed by atoms with Crippen molar-refractivity contribution in [2.24, 2.45) is 0 Å². The Balaban J connectivity index is 2.19. The van der Waals surface area contributed by atoms with Gasteiger partial charge in [-0.05, 0) is 30.2 Å². The highest BCUT2D eigenvalue weighted by Crippen LogP contribution is 2.23. The minimum absolute atomic E-state index is 0.0911. The van der Waals surface area contributed by atoms with Crippen LogP contribution in [0, 0.1) is 17.1 Å². The maximum atomic E-state index is 13.8. The van der Waals surface area contributed by atoms with Crippen LogP contribution in [0.15, 0.2) is 48.5 Å². The maximum absolute atomic E-state index is 13.8. The summed E-state index contributed by atoms with van der Waals surface area (Å²) in [6.45, 7) is 1.91. The number of nitrogens with zero attached hydrogens (tertiary/aromatic N) is 1. The van der Waals surface area contributed by atoms with Gasteiger partial charge in [0.1, 0.15) is 5.82 Å². The van der Waals surface area contributed by atoms with Gasteiger partial charge in [0.15, 0.2) is 0 Å². The quantitative estimate of drug-likeness (QED) is 0.926. The van der Waals surface area contributed by atoms with E-state index in [1.54, 1.807) is 0 Å². The third-order valence-corrected chi connectivity index (χ3v) is 3.28. The molecule has 1 N–H and O–H groups in total. The summed E-state index contributed by atoms with van der Waals surface area (Å²) in [4.78, 5) is 12.3. The molecule has 0 fully saturated rings. The van der Waals surface area contributed by atoms with Crippen LogP contribution in [-0.2, 0) is 4.79 Å². The molecular weight excluding hydrogens is 267 g/mol. The summed E-state index contributed by atoms with van der Waals surface area (Å²) in [5.74, 6) is -1.20. The molecule has 0 aliphatic rings. The predicted octanol–water partition coefficient (Wildman–Crippen LogP) is 3.83. The lowest BCUT2D eigenvalue weighted by Crippen LogP contribution is -2.21. The number of halogens is 1. The van der Waals surface area contributed by atoms with Crippen molar-refractivity contribution in [3.8, 4) is 6.07 Å². The monoisotopic (exact) mass is 282 g/mol. The highest BCUT2D eigenvalue weighted by molar-refractivity contribution is 5.96. The Hall–Kier alpha value is -2.67.